The van der Waals surface area contributed by atoms with E-state index in [0.717, 1.165) is 36.8 Å². The number of benzene rings is 1. The Morgan fingerprint density at radius 2 is 2.06 bits per heavy atom. The fraction of sp³-hybridized carbons (Fsp3) is 0.500. The van der Waals surface area contributed by atoms with Crippen LogP contribution < -0.4 is 19.5 Å². The summed E-state index contributed by atoms with van der Waals surface area (Å²) in [6.07, 6.45) is 1.25. The predicted molar refractivity (Wildman–Crippen MR) is 61.4 cm³/mol. The smallest absolute Gasteiger partial charge is 0.165 e. The second-order valence-electron chi connectivity index (χ2n) is 3.75. The van der Waals surface area contributed by atoms with Crippen molar-refractivity contribution < 1.29 is 14.2 Å². The third kappa shape index (κ3) is 2.39. The highest BCUT2D eigenvalue weighted by Crippen LogP contribution is 2.32. The average Bonchev–Trinajstić information content (AvgIpc) is 2.82. The Balaban J connectivity index is 2.15. The van der Waals surface area contributed by atoms with Gasteiger partial charge < -0.3 is 19.5 Å². The average molecular weight is 223 g/mol. The molecule has 1 fully saturated rings. The van der Waals surface area contributed by atoms with Crippen LogP contribution in [-0.2, 0) is 0 Å². The van der Waals surface area contributed by atoms with E-state index in [2.05, 4.69) is 5.32 Å². The molecule has 1 heterocycles. The number of rotatable bonds is 4. The zero-order valence-corrected chi connectivity index (χ0v) is 9.66. The molecule has 1 unspecified atom stereocenters. The molecule has 0 radical (unpaired) electrons. The fourth-order valence-corrected chi connectivity index (χ4v) is 1.78. The van der Waals surface area contributed by atoms with Gasteiger partial charge in [-0.1, -0.05) is 0 Å². The number of ether oxygens (including phenoxy) is 3. The zero-order chi connectivity index (χ0) is 11.4. The van der Waals surface area contributed by atoms with Gasteiger partial charge in [-0.2, -0.15) is 0 Å². The van der Waals surface area contributed by atoms with Crippen molar-refractivity contribution in [1.82, 2.24) is 5.32 Å². The molecule has 0 aliphatic carbocycles. The molecule has 4 heteroatoms. The largest absolute Gasteiger partial charge is 0.497 e. The molecule has 0 bridgehead atoms. The highest BCUT2D eigenvalue weighted by Gasteiger charge is 2.18. The van der Waals surface area contributed by atoms with Crippen molar-refractivity contribution in [1.29, 1.82) is 0 Å². The van der Waals surface area contributed by atoms with Crippen molar-refractivity contribution in [3.8, 4) is 17.2 Å². The molecule has 1 atom stereocenters. The fourth-order valence-electron chi connectivity index (χ4n) is 1.78. The summed E-state index contributed by atoms with van der Waals surface area (Å²) in [7, 11) is 3.28. The Hall–Kier alpha value is -1.42. The van der Waals surface area contributed by atoms with Gasteiger partial charge >= 0.3 is 0 Å². The molecular weight excluding hydrogens is 206 g/mol. The molecule has 1 N–H and O–H groups in total. The first-order valence-corrected chi connectivity index (χ1v) is 5.43. The van der Waals surface area contributed by atoms with E-state index in [4.69, 9.17) is 14.2 Å². The van der Waals surface area contributed by atoms with Crippen LogP contribution in [0.15, 0.2) is 18.2 Å². The second-order valence-corrected chi connectivity index (χ2v) is 3.75. The van der Waals surface area contributed by atoms with Crippen LogP contribution in [0, 0.1) is 0 Å². The molecule has 0 saturated carbocycles. The first kappa shape index (κ1) is 11.1. The zero-order valence-electron chi connectivity index (χ0n) is 9.66. The van der Waals surface area contributed by atoms with E-state index >= 15 is 0 Å². The van der Waals surface area contributed by atoms with Crippen LogP contribution in [0.4, 0.5) is 0 Å². The molecule has 16 heavy (non-hydrogen) atoms. The Labute approximate surface area is 95.5 Å². The van der Waals surface area contributed by atoms with Gasteiger partial charge in [0.15, 0.2) is 11.5 Å². The van der Waals surface area contributed by atoms with Crippen molar-refractivity contribution in [2.75, 3.05) is 27.3 Å². The highest BCUT2D eigenvalue weighted by atomic mass is 16.5. The van der Waals surface area contributed by atoms with Gasteiger partial charge in [-0.25, -0.2) is 0 Å². The summed E-state index contributed by atoms with van der Waals surface area (Å²) in [4.78, 5) is 0. The first-order chi connectivity index (χ1) is 7.83. The summed E-state index contributed by atoms with van der Waals surface area (Å²) in [5, 5.41) is 3.26. The molecule has 0 aromatic heterocycles. The molecule has 0 spiro atoms. The molecule has 4 nitrogen and oxygen atoms in total. The summed E-state index contributed by atoms with van der Waals surface area (Å²) >= 11 is 0. The van der Waals surface area contributed by atoms with Crippen LogP contribution >= 0.6 is 0 Å². The summed E-state index contributed by atoms with van der Waals surface area (Å²) in [6, 6.07) is 5.58. The lowest BCUT2D eigenvalue weighted by atomic mass is 10.2. The quantitative estimate of drug-likeness (QED) is 0.838. The van der Waals surface area contributed by atoms with Gasteiger partial charge in [0.2, 0.25) is 0 Å². The molecule has 1 aromatic carbocycles. The van der Waals surface area contributed by atoms with Crippen LogP contribution in [0.3, 0.4) is 0 Å². The topological polar surface area (TPSA) is 39.7 Å². The molecule has 1 aliphatic heterocycles. The van der Waals surface area contributed by atoms with Crippen LogP contribution in [-0.4, -0.2) is 33.4 Å². The van der Waals surface area contributed by atoms with Crippen molar-refractivity contribution in [3.63, 3.8) is 0 Å². The van der Waals surface area contributed by atoms with Gasteiger partial charge in [-0.3, -0.25) is 0 Å². The minimum atomic E-state index is 0.223. The van der Waals surface area contributed by atoms with Crippen molar-refractivity contribution in [3.05, 3.63) is 18.2 Å². The maximum Gasteiger partial charge on any atom is 0.165 e. The van der Waals surface area contributed by atoms with Gasteiger partial charge in [0.25, 0.3) is 0 Å². The lowest BCUT2D eigenvalue weighted by Crippen LogP contribution is -2.19. The minimum Gasteiger partial charge on any atom is -0.497 e. The van der Waals surface area contributed by atoms with Crippen molar-refractivity contribution in [2.45, 2.75) is 12.5 Å². The maximum atomic E-state index is 5.87. The van der Waals surface area contributed by atoms with E-state index in [1.165, 1.54) is 0 Å². The van der Waals surface area contributed by atoms with Gasteiger partial charge in [0.05, 0.1) is 14.2 Å². The monoisotopic (exact) mass is 223 g/mol. The van der Waals surface area contributed by atoms with Gasteiger partial charge in [-0.05, 0) is 25.1 Å². The Morgan fingerprint density at radius 1 is 1.19 bits per heavy atom. The van der Waals surface area contributed by atoms with E-state index in [1.54, 1.807) is 14.2 Å². The number of nitrogens with one attached hydrogen (secondary N) is 1. The minimum absolute atomic E-state index is 0.223. The lowest BCUT2D eigenvalue weighted by Gasteiger charge is -2.16. The molecular formula is C12H17NO3. The molecule has 1 aliphatic rings. The molecule has 0 amide bonds. The maximum absolute atomic E-state index is 5.87. The van der Waals surface area contributed by atoms with E-state index < -0.39 is 0 Å². The van der Waals surface area contributed by atoms with Gasteiger partial charge in [-0.15, -0.1) is 0 Å². The number of hydrogen-bond donors (Lipinski definition) is 1. The van der Waals surface area contributed by atoms with Crippen molar-refractivity contribution in [2.24, 2.45) is 0 Å². The Kier molecular flexibility index (Phi) is 3.51. The Bertz CT molecular complexity index is 348. The predicted octanol–water partition coefficient (Wildman–Crippen LogP) is 1.44. The summed E-state index contributed by atoms with van der Waals surface area (Å²) in [5.74, 6) is 2.27. The Morgan fingerprint density at radius 3 is 2.69 bits per heavy atom. The second kappa shape index (κ2) is 5.07. The third-order valence-corrected chi connectivity index (χ3v) is 2.68. The first-order valence-electron chi connectivity index (χ1n) is 5.43. The highest BCUT2D eigenvalue weighted by molar-refractivity contribution is 5.45. The van der Waals surface area contributed by atoms with Crippen LogP contribution in [0.25, 0.3) is 0 Å². The molecule has 2 rings (SSSR count). The standard InChI is InChI=1S/C12H17NO3/c1-14-9-3-4-11(15-2)12(7-9)16-10-5-6-13-8-10/h3-4,7,10,13H,5-6,8H2,1-2H3. The molecule has 1 saturated heterocycles. The van der Waals surface area contributed by atoms with E-state index in [1.807, 2.05) is 18.2 Å². The molecule has 1 aromatic rings. The SMILES string of the molecule is COc1ccc(OC)c(OC2CCNC2)c1. The van der Waals surface area contributed by atoms with E-state index in [0.29, 0.717) is 0 Å². The molecule has 88 valence electrons. The van der Waals surface area contributed by atoms with Crippen molar-refractivity contribution >= 4 is 0 Å². The van der Waals surface area contributed by atoms with E-state index in [9.17, 15) is 0 Å². The van der Waals surface area contributed by atoms with Gasteiger partial charge in [0, 0.05) is 12.6 Å². The third-order valence-electron chi connectivity index (χ3n) is 2.68. The number of methoxy groups -OCH3 is 2. The van der Waals surface area contributed by atoms with Crippen LogP contribution in [0.2, 0.25) is 0 Å². The van der Waals surface area contributed by atoms with Gasteiger partial charge in [0.1, 0.15) is 11.9 Å². The van der Waals surface area contributed by atoms with Crippen LogP contribution in [0.5, 0.6) is 17.2 Å². The van der Waals surface area contributed by atoms with Crippen LogP contribution in [0.1, 0.15) is 6.42 Å². The summed E-state index contributed by atoms with van der Waals surface area (Å²) < 4.78 is 16.3. The normalized spacial score (nSPS) is 19.5. The summed E-state index contributed by atoms with van der Waals surface area (Å²) in [5.41, 5.74) is 0. The number of hydrogen-bond acceptors (Lipinski definition) is 4. The summed E-state index contributed by atoms with van der Waals surface area (Å²) in [6.45, 7) is 1.90. The lowest BCUT2D eigenvalue weighted by molar-refractivity contribution is 0.211. The van der Waals surface area contributed by atoms with E-state index in [-0.39, 0.29) is 6.10 Å².